The van der Waals surface area contributed by atoms with Crippen molar-refractivity contribution >= 4 is 22.9 Å². The van der Waals surface area contributed by atoms with Crippen molar-refractivity contribution in [3.05, 3.63) is 38.9 Å². The first-order chi connectivity index (χ1) is 9.20. The highest BCUT2D eigenvalue weighted by Crippen LogP contribution is 2.19. The Labute approximate surface area is 121 Å². The van der Waals surface area contributed by atoms with Crippen LogP contribution in [0.4, 0.5) is 0 Å². The molecule has 1 N–H and O–H groups in total. The predicted octanol–water partition coefficient (Wildman–Crippen LogP) is 2.84. The number of rotatable bonds is 6. The fraction of sp³-hybridized carbons (Fsp3) is 0.385. The summed E-state index contributed by atoms with van der Waals surface area (Å²) in [5.41, 5.74) is 3.92. The van der Waals surface area contributed by atoms with Crippen molar-refractivity contribution in [3.63, 3.8) is 0 Å². The van der Waals surface area contributed by atoms with Crippen molar-refractivity contribution in [3.8, 4) is 5.88 Å². The van der Waals surface area contributed by atoms with Gasteiger partial charge in [-0.3, -0.25) is 0 Å². The van der Waals surface area contributed by atoms with Crippen LogP contribution in [0.3, 0.4) is 0 Å². The second kappa shape index (κ2) is 6.84. The maximum Gasteiger partial charge on any atom is 0.213 e. The fourth-order valence-corrected chi connectivity index (χ4v) is 2.61. The van der Waals surface area contributed by atoms with Crippen molar-refractivity contribution in [1.82, 2.24) is 15.3 Å². The zero-order valence-electron chi connectivity index (χ0n) is 10.9. The summed E-state index contributed by atoms with van der Waals surface area (Å²) in [6.07, 6.45) is 2.48. The van der Waals surface area contributed by atoms with Crippen LogP contribution in [0.15, 0.2) is 17.8 Å². The highest BCUT2D eigenvalue weighted by atomic mass is 35.5. The van der Waals surface area contributed by atoms with E-state index in [0.29, 0.717) is 24.1 Å². The molecular formula is C13H16ClN3OS. The van der Waals surface area contributed by atoms with Gasteiger partial charge in [0.15, 0.2) is 0 Å². The van der Waals surface area contributed by atoms with Crippen LogP contribution in [0.1, 0.15) is 16.1 Å². The van der Waals surface area contributed by atoms with E-state index in [1.54, 1.807) is 17.5 Å². The van der Waals surface area contributed by atoms with Crippen LogP contribution < -0.4 is 10.1 Å². The summed E-state index contributed by atoms with van der Waals surface area (Å²) < 4.78 is 5.66. The lowest BCUT2D eigenvalue weighted by Crippen LogP contribution is -2.07. The van der Waals surface area contributed by atoms with E-state index in [1.165, 1.54) is 4.88 Å². The van der Waals surface area contributed by atoms with E-state index in [1.807, 2.05) is 25.5 Å². The highest BCUT2D eigenvalue weighted by Gasteiger charge is 2.05. The van der Waals surface area contributed by atoms with E-state index in [-0.39, 0.29) is 0 Å². The number of aryl methyl sites for hydroxylation is 1. The van der Waals surface area contributed by atoms with Gasteiger partial charge in [0.25, 0.3) is 0 Å². The number of hydrogen-bond donors (Lipinski definition) is 1. The molecule has 0 aromatic carbocycles. The maximum atomic E-state index is 6.05. The molecule has 2 aromatic rings. The predicted molar refractivity (Wildman–Crippen MR) is 78.1 cm³/mol. The van der Waals surface area contributed by atoms with Gasteiger partial charge in [-0.15, -0.1) is 11.3 Å². The van der Waals surface area contributed by atoms with Crippen LogP contribution in [-0.2, 0) is 13.0 Å². The van der Waals surface area contributed by atoms with Crippen molar-refractivity contribution in [1.29, 1.82) is 0 Å². The number of aromatic nitrogens is 2. The Morgan fingerprint density at radius 2 is 2.26 bits per heavy atom. The molecule has 6 heteroatoms. The van der Waals surface area contributed by atoms with Crippen LogP contribution >= 0.6 is 22.9 Å². The summed E-state index contributed by atoms with van der Waals surface area (Å²) in [5, 5.41) is 3.72. The van der Waals surface area contributed by atoms with Gasteiger partial charge in [-0.05, 0) is 19.5 Å². The van der Waals surface area contributed by atoms with Crippen molar-refractivity contribution in [2.45, 2.75) is 19.9 Å². The Bertz CT molecular complexity index is 544. The fourth-order valence-electron chi connectivity index (χ4n) is 1.68. The van der Waals surface area contributed by atoms with Gasteiger partial charge in [0.2, 0.25) is 5.88 Å². The molecule has 0 aliphatic carbocycles. The Balaban J connectivity index is 1.92. The first-order valence-corrected chi connectivity index (χ1v) is 7.27. The molecule has 4 nitrogen and oxygen atoms in total. The first-order valence-electron chi connectivity index (χ1n) is 6.01. The average molecular weight is 298 g/mol. The number of nitrogens with zero attached hydrogens (tertiary/aromatic N) is 2. The lowest BCUT2D eigenvalue weighted by Gasteiger charge is -2.08. The molecule has 19 heavy (non-hydrogen) atoms. The molecule has 0 spiro atoms. The molecule has 0 saturated carbocycles. The van der Waals surface area contributed by atoms with Crippen molar-refractivity contribution < 1.29 is 4.74 Å². The van der Waals surface area contributed by atoms with Crippen LogP contribution in [0, 0.1) is 6.92 Å². The summed E-state index contributed by atoms with van der Waals surface area (Å²) in [6.45, 7) is 3.31. The van der Waals surface area contributed by atoms with Gasteiger partial charge in [-0.2, -0.15) is 0 Å². The normalized spacial score (nSPS) is 10.7. The quantitative estimate of drug-likeness (QED) is 0.890. The van der Waals surface area contributed by atoms with Gasteiger partial charge < -0.3 is 10.1 Å². The minimum absolute atomic E-state index is 0.594. The molecular weight excluding hydrogens is 282 g/mol. The van der Waals surface area contributed by atoms with Gasteiger partial charge in [0, 0.05) is 30.1 Å². The molecule has 0 bridgehead atoms. The molecule has 0 atom stereocenters. The van der Waals surface area contributed by atoms with Crippen molar-refractivity contribution in [2.75, 3.05) is 13.7 Å². The smallest absolute Gasteiger partial charge is 0.213 e. The number of thiazole rings is 1. The zero-order valence-corrected chi connectivity index (χ0v) is 12.5. The zero-order chi connectivity index (χ0) is 13.7. The molecule has 0 saturated heterocycles. The molecule has 102 valence electrons. The number of nitrogens with one attached hydrogen (secondary N) is 1. The number of hydrogen-bond acceptors (Lipinski definition) is 5. The third-order valence-corrected chi connectivity index (χ3v) is 4.04. The van der Waals surface area contributed by atoms with Gasteiger partial charge >= 0.3 is 0 Å². The van der Waals surface area contributed by atoms with Crippen LogP contribution in [0.2, 0.25) is 5.02 Å². The summed E-state index contributed by atoms with van der Waals surface area (Å²) in [6, 6.07) is 1.87. The van der Waals surface area contributed by atoms with Gasteiger partial charge in [0.1, 0.15) is 0 Å². The summed E-state index contributed by atoms with van der Waals surface area (Å²) in [4.78, 5) is 9.64. The molecule has 0 amide bonds. The molecule has 0 unspecified atom stereocenters. The molecule has 2 aromatic heterocycles. The summed E-state index contributed by atoms with van der Waals surface area (Å²) in [7, 11) is 1.88. The van der Waals surface area contributed by atoms with E-state index in [0.717, 1.165) is 17.7 Å². The van der Waals surface area contributed by atoms with E-state index >= 15 is 0 Å². The Morgan fingerprint density at radius 1 is 1.42 bits per heavy atom. The summed E-state index contributed by atoms with van der Waals surface area (Å²) in [5.74, 6) is 0.608. The number of halogens is 1. The van der Waals surface area contributed by atoms with E-state index < -0.39 is 0 Å². The SMILES string of the molecule is CNCc1cc(OCCc2scnc2C)ncc1Cl. The van der Waals surface area contributed by atoms with Crippen LogP contribution in [0.25, 0.3) is 0 Å². The van der Waals surface area contributed by atoms with Gasteiger partial charge in [-0.1, -0.05) is 11.6 Å². The molecule has 2 rings (SSSR count). The molecule has 0 fully saturated rings. The second-order valence-corrected chi connectivity index (χ2v) is 5.45. The van der Waals surface area contributed by atoms with Gasteiger partial charge in [0.05, 0.1) is 22.8 Å². The first kappa shape index (κ1) is 14.2. The number of ether oxygens (including phenoxy) is 1. The average Bonchev–Trinajstić information content (AvgIpc) is 2.79. The Kier molecular flexibility index (Phi) is 5.13. The van der Waals surface area contributed by atoms with E-state index in [9.17, 15) is 0 Å². The topological polar surface area (TPSA) is 47.0 Å². The molecule has 0 radical (unpaired) electrons. The lowest BCUT2D eigenvalue weighted by atomic mass is 10.2. The molecule has 0 aliphatic rings. The standard InChI is InChI=1S/C13H16ClN3OS/c1-9-12(19-8-17-9)3-4-18-13-5-10(6-15-2)11(14)7-16-13/h5,7-8,15H,3-4,6H2,1-2H3. The molecule has 0 aliphatic heterocycles. The third-order valence-electron chi connectivity index (χ3n) is 2.70. The lowest BCUT2D eigenvalue weighted by molar-refractivity contribution is 0.310. The van der Waals surface area contributed by atoms with Crippen molar-refractivity contribution in [2.24, 2.45) is 0 Å². The minimum atomic E-state index is 0.594. The Hall–Kier alpha value is -1.17. The maximum absolute atomic E-state index is 6.05. The Morgan fingerprint density at radius 3 is 2.95 bits per heavy atom. The minimum Gasteiger partial charge on any atom is -0.477 e. The summed E-state index contributed by atoms with van der Waals surface area (Å²) >= 11 is 7.70. The largest absolute Gasteiger partial charge is 0.477 e. The van der Waals surface area contributed by atoms with E-state index in [4.69, 9.17) is 16.3 Å². The van der Waals surface area contributed by atoms with E-state index in [2.05, 4.69) is 15.3 Å². The van der Waals surface area contributed by atoms with Crippen LogP contribution in [0.5, 0.6) is 5.88 Å². The third kappa shape index (κ3) is 3.89. The van der Waals surface area contributed by atoms with Crippen LogP contribution in [-0.4, -0.2) is 23.6 Å². The number of pyridine rings is 1. The second-order valence-electron chi connectivity index (χ2n) is 4.10. The monoisotopic (exact) mass is 297 g/mol. The highest BCUT2D eigenvalue weighted by molar-refractivity contribution is 7.09. The molecule has 2 heterocycles. The van der Waals surface area contributed by atoms with Gasteiger partial charge in [-0.25, -0.2) is 9.97 Å².